The quantitative estimate of drug-likeness (QED) is 0.377. The summed E-state index contributed by atoms with van der Waals surface area (Å²) in [6, 6.07) is 12.0. The Bertz CT molecular complexity index is 1400. The van der Waals surface area contributed by atoms with Crippen LogP contribution in [0.1, 0.15) is 11.1 Å². The number of methoxy groups -OCH3 is 1. The highest BCUT2D eigenvalue weighted by Crippen LogP contribution is 2.32. The predicted octanol–water partition coefficient (Wildman–Crippen LogP) is 4.21. The lowest BCUT2D eigenvalue weighted by Crippen LogP contribution is -2.23. The number of pyridine rings is 1. The van der Waals surface area contributed by atoms with E-state index in [4.69, 9.17) is 9.72 Å². The average molecular weight is 453 g/mol. The van der Waals surface area contributed by atoms with E-state index in [1.807, 2.05) is 24.3 Å². The van der Waals surface area contributed by atoms with E-state index in [0.29, 0.717) is 11.6 Å². The second-order valence-corrected chi connectivity index (χ2v) is 8.00. The molecule has 0 saturated heterocycles. The number of rotatable bonds is 6. The van der Waals surface area contributed by atoms with Gasteiger partial charge < -0.3 is 20.7 Å². The number of anilines is 3. The van der Waals surface area contributed by atoms with E-state index in [1.165, 1.54) is 17.2 Å². The van der Waals surface area contributed by atoms with E-state index < -0.39 is 0 Å². The van der Waals surface area contributed by atoms with Gasteiger partial charge in [-0.3, -0.25) is 9.78 Å². The second-order valence-electron chi connectivity index (χ2n) is 8.00. The number of amides is 1. The van der Waals surface area contributed by atoms with Gasteiger partial charge >= 0.3 is 0 Å². The van der Waals surface area contributed by atoms with Crippen LogP contribution in [-0.4, -0.2) is 34.5 Å². The molecule has 0 aliphatic carbocycles. The average Bonchev–Trinajstić information content (AvgIpc) is 2.88. The largest absolute Gasteiger partial charge is 0.495 e. The molecule has 3 N–H and O–H groups in total. The summed E-state index contributed by atoms with van der Waals surface area (Å²) in [4.78, 5) is 25.1. The normalized spacial score (nSPS) is 12.6. The first-order valence-corrected chi connectivity index (χ1v) is 11.0. The number of carbonyl (C=O) groups is 1. The maximum Gasteiger partial charge on any atom is 0.247 e. The van der Waals surface area contributed by atoms with E-state index in [2.05, 4.69) is 44.6 Å². The van der Waals surface area contributed by atoms with Crippen LogP contribution in [0, 0.1) is 0 Å². The summed E-state index contributed by atoms with van der Waals surface area (Å²) in [5, 5.41) is 10.4. The molecule has 1 aliphatic rings. The topological polar surface area (TPSA) is 101 Å². The van der Waals surface area contributed by atoms with Crippen molar-refractivity contribution < 1.29 is 9.53 Å². The molecule has 0 atom stereocenters. The number of fused-ring (bicyclic) bond motifs is 2. The predicted molar refractivity (Wildman–Crippen MR) is 133 cm³/mol. The molecule has 8 nitrogen and oxygen atoms in total. The van der Waals surface area contributed by atoms with Crippen LogP contribution in [0.15, 0.2) is 67.6 Å². The molecule has 4 aromatic rings. The molecule has 170 valence electrons. The smallest absolute Gasteiger partial charge is 0.247 e. The lowest BCUT2D eigenvalue weighted by molar-refractivity contribution is -0.111. The van der Waals surface area contributed by atoms with Crippen LogP contribution >= 0.6 is 0 Å². The molecule has 0 radical (unpaired) electrons. The van der Waals surface area contributed by atoms with E-state index >= 15 is 0 Å². The Morgan fingerprint density at radius 2 is 2.03 bits per heavy atom. The minimum atomic E-state index is -0.283. The van der Waals surface area contributed by atoms with Crippen molar-refractivity contribution in [1.29, 1.82) is 0 Å². The first-order valence-electron chi connectivity index (χ1n) is 11.0. The van der Waals surface area contributed by atoms with Gasteiger partial charge in [0, 0.05) is 29.9 Å². The van der Waals surface area contributed by atoms with Gasteiger partial charge in [-0.15, -0.1) is 0 Å². The molecule has 34 heavy (non-hydrogen) atoms. The lowest BCUT2D eigenvalue weighted by Gasteiger charge is -2.20. The SMILES string of the molecule is C=CC(=O)Nc1cncc(-c2ccc3cnc(Nc4cc5c(cc4OC)CCNC5)nc3c2)c1. The zero-order valence-electron chi connectivity index (χ0n) is 18.8. The van der Waals surface area contributed by atoms with Gasteiger partial charge in [0.1, 0.15) is 5.75 Å². The molecule has 8 heteroatoms. The summed E-state index contributed by atoms with van der Waals surface area (Å²) in [7, 11) is 1.67. The van der Waals surface area contributed by atoms with E-state index in [0.717, 1.165) is 53.0 Å². The molecule has 0 spiro atoms. The van der Waals surface area contributed by atoms with E-state index in [-0.39, 0.29) is 5.91 Å². The molecule has 0 saturated carbocycles. The van der Waals surface area contributed by atoms with Gasteiger partial charge in [-0.1, -0.05) is 18.7 Å². The number of hydrogen-bond acceptors (Lipinski definition) is 7. The minimum Gasteiger partial charge on any atom is -0.495 e. The van der Waals surface area contributed by atoms with Crippen molar-refractivity contribution in [1.82, 2.24) is 20.3 Å². The highest BCUT2D eigenvalue weighted by atomic mass is 16.5. The third-order valence-corrected chi connectivity index (χ3v) is 5.76. The van der Waals surface area contributed by atoms with Crippen LogP contribution < -0.4 is 20.7 Å². The fourth-order valence-corrected chi connectivity index (χ4v) is 4.02. The van der Waals surface area contributed by atoms with E-state index in [1.54, 1.807) is 25.7 Å². The fraction of sp³-hybridized carbons (Fsp3) is 0.154. The molecule has 0 fully saturated rings. The maximum absolute atomic E-state index is 11.6. The standard InChI is InChI=1S/C26H24N6O2/c1-3-25(33)30-21-8-19(13-28-15-21)16-4-5-18-14-29-26(31-22(18)9-16)32-23-10-20-12-27-7-6-17(20)11-24(23)34-2/h3-5,8-11,13-15,27H,1,6-7,12H2,2H3,(H,30,33)(H,29,31,32). The third-order valence-electron chi connectivity index (χ3n) is 5.76. The van der Waals surface area contributed by atoms with Gasteiger partial charge in [-0.2, -0.15) is 0 Å². The molecular weight excluding hydrogens is 428 g/mol. The van der Waals surface area contributed by atoms with Crippen LogP contribution in [0.3, 0.4) is 0 Å². The van der Waals surface area contributed by atoms with Crippen molar-refractivity contribution in [2.24, 2.45) is 0 Å². The van der Waals surface area contributed by atoms with Crippen LogP contribution in [0.2, 0.25) is 0 Å². The summed E-state index contributed by atoms with van der Waals surface area (Å²) in [5.41, 5.74) is 6.54. The van der Waals surface area contributed by atoms with Gasteiger partial charge in [0.25, 0.3) is 0 Å². The van der Waals surface area contributed by atoms with Crippen LogP contribution in [0.25, 0.3) is 22.0 Å². The zero-order valence-corrected chi connectivity index (χ0v) is 18.8. The molecule has 2 aromatic carbocycles. The molecule has 5 rings (SSSR count). The van der Waals surface area contributed by atoms with Crippen molar-refractivity contribution in [3.8, 4) is 16.9 Å². The monoisotopic (exact) mass is 452 g/mol. The first-order chi connectivity index (χ1) is 16.6. The van der Waals surface area contributed by atoms with Crippen molar-refractivity contribution in [3.05, 3.63) is 78.8 Å². The van der Waals surface area contributed by atoms with Crippen LogP contribution in [0.4, 0.5) is 17.3 Å². The summed E-state index contributed by atoms with van der Waals surface area (Å²) in [6.45, 7) is 5.28. The molecule has 0 unspecified atom stereocenters. The number of ether oxygens (including phenoxy) is 1. The molecule has 0 bridgehead atoms. The zero-order chi connectivity index (χ0) is 23.5. The van der Waals surface area contributed by atoms with Gasteiger partial charge in [0.05, 0.1) is 30.2 Å². The summed E-state index contributed by atoms with van der Waals surface area (Å²) in [5.74, 6) is 0.966. The van der Waals surface area contributed by atoms with Gasteiger partial charge in [-0.25, -0.2) is 9.97 Å². The maximum atomic E-state index is 11.6. The van der Waals surface area contributed by atoms with E-state index in [9.17, 15) is 4.79 Å². The minimum absolute atomic E-state index is 0.283. The van der Waals surface area contributed by atoms with Gasteiger partial charge in [-0.05, 0) is 60.0 Å². The fourth-order valence-electron chi connectivity index (χ4n) is 4.02. The summed E-state index contributed by atoms with van der Waals surface area (Å²) < 4.78 is 5.61. The number of carbonyl (C=O) groups excluding carboxylic acids is 1. The molecule has 1 aliphatic heterocycles. The number of aromatic nitrogens is 3. The number of nitrogens with one attached hydrogen (secondary N) is 3. The Kier molecular flexibility index (Phi) is 5.88. The van der Waals surface area contributed by atoms with Crippen molar-refractivity contribution in [2.75, 3.05) is 24.3 Å². The second kappa shape index (κ2) is 9.29. The molecule has 3 heterocycles. The Morgan fingerprint density at radius 3 is 2.88 bits per heavy atom. The Morgan fingerprint density at radius 1 is 1.12 bits per heavy atom. The van der Waals surface area contributed by atoms with Crippen molar-refractivity contribution in [2.45, 2.75) is 13.0 Å². The molecular formula is C26H24N6O2. The number of hydrogen-bond donors (Lipinski definition) is 3. The highest BCUT2D eigenvalue weighted by Gasteiger charge is 2.15. The first kappa shape index (κ1) is 21.5. The Hall–Kier alpha value is -4.30. The highest BCUT2D eigenvalue weighted by molar-refractivity contribution is 5.99. The van der Waals surface area contributed by atoms with Crippen molar-refractivity contribution in [3.63, 3.8) is 0 Å². The molecule has 1 amide bonds. The van der Waals surface area contributed by atoms with Crippen molar-refractivity contribution >= 4 is 34.1 Å². The third kappa shape index (κ3) is 4.44. The lowest BCUT2D eigenvalue weighted by atomic mass is 10.00. The summed E-state index contributed by atoms with van der Waals surface area (Å²) in [6.07, 6.45) is 7.34. The van der Waals surface area contributed by atoms with Gasteiger partial charge in [0.15, 0.2) is 0 Å². The number of benzene rings is 2. The number of nitrogens with zero attached hydrogens (tertiary/aromatic N) is 3. The Labute approximate surface area is 197 Å². The Balaban J connectivity index is 1.46. The van der Waals surface area contributed by atoms with Crippen LogP contribution in [-0.2, 0) is 17.8 Å². The summed E-state index contributed by atoms with van der Waals surface area (Å²) >= 11 is 0. The van der Waals surface area contributed by atoms with Crippen LogP contribution in [0.5, 0.6) is 5.75 Å². The molecule has 2 aromatic heterocycles. The van der Waals surface area contributed by atoms with Gasteiger partial charge in [0.2, 0.25) is 11.9 Å².